The smallest absolute Gasteiger partial charge is 0.338 e. The number of rotatable bonds is 7. The van der Waals surface area contributed by atoms with Crippen molar-refractivity contribution in [2.75, 3.05) is 23.8 Å². The normalized spacial score (nSPS) is 10.2. The summed E-state index contributed by atoms with van der Waals surface area (Å²) in [4.78, 5) is 24.0. The van der Waals surface area contributed by atoms with Gasteiger partial charge in [0.2, 0.25) is 5.91 Å². The van der Waals surface area contributed by atoms with E-state index in [1.165, 1.54) is 0 Å². The van der Waals surface area contributed by atoms with Crippen LogP contribution in [0.25, 0.3) is 11.1 Å². The lowest BCUT2D eigenvalue weighted by atomic mass is 10.0. The van der Waals surface area contributed by atoms with Crippen LogP contribution in [0, 0.1) is 0 Å². The van der Waals surface area contributed by atoms with Gasteiger partial charge in [0.1, 0.15) is 0 Å². The van der Waals surface area contributed by atoms with E-state index in [-0.39, 0.29) is 18.4 Å². The van der Waals surface area contributed by atoms with Crippen molar-refractivity contribution in [3.05, 3.63) is 84.4 Å². The number of benzene rings is 3. The van der Waals surface area contributed by atoms with Crippen LogP contribution < -0.4 is 10.6 Å². The monoisotopic (exact) mass is 374 g/mol. The van der Waals surface area contributed by atoms with E-state index in [2.05, 4.69) is 10.6 Å². The second-order valence-corrected chi connectivity index (χ2v) is 6.11. The van der Waals surface area contributed by atoms with E-state index in [1.54, 1.807) is 31.2 Å². The van der Waals surface area contributed by atoms with E-state index in [4.69, 9.17) is 4.74 Å². The predicted octanol–water partition coefficient (Wildman–Crippen LogP) is 4.58. The van der Waals surface area contributed by atoms with Crippen LogP contribution in [0.2, 0.25) is 0 Å². The molecule has 3 rings (SSSR count). The summed E-state index contributed by atoms with van der Waals surface area (Å²) in [6, 6.07) is 24.4. The van der Waals surface area contributed by atoms with Gasteiger partial charge in [0.25, 0.3) is 0 Å². The molecule has 142 valence electrons. The summed E-state index contributed by atoms with van der Waals surface area (Å²) >= 11 is 0. The van der Waals surface area contributed by atoms with Crippen molar-refractivity contribution in [2.24, 2.45) is 0 Å². The van der Waals surface area contributed by atoms with Crippen LogP contribution in [0.1, 0.15) is 17.3 Å². The van der Waals surface area contributed by atoms with Crippen LogP contribution in [-0.4, -0.2) is 25.0 Å². The molecule has 0 fully saturated rings. The summed E-state index contributed by atoms with van der Waals surface area (Å²) in [5.74, 6) is -0.512. The summed E-state index contributed by atoms with van der Waals surface area (Å²) in [6.07, 6.45) is 0. The Morgan fingerprint density at radius 2 is 1.54 bits per heavy atom. The highest BCUT2D eigenvalue weighted by Crippen LogP contribution is 2.27. The van der Waals surface area contributed by atoms with Crippen molar-refractivity contribution < 1.29 is 14.3 Å². The molecule has 0 saturated heterocycles. The number of esters is 1. The Labute approximate surface area is 164 Å². The third kappa shape index (κ3) is 4.98. The Bertz CT molecular complexity index is 938. The highest BCUT2D eigenvalue weighted by molar-refractivity contribution is 5.97. The number of carbonyl (C=O) groups excluding carboxylic acids is 2. The van der Waals surface area contributed by atoms with E-state index in [9.17, 15) is 9.59 Å². The Morgan fingerprint density at radius 3 is 2.25 bits per heavy atom. The van der Waals surface area contributed by atoms with E-state index in [0.29, 0.717) is 12.2 Å². The number of hydrogen-bond donors (Lipinski definition) is 2. The maximum absolute atomic E-state index is 12.4. The van der Waals surface area contributed by atoms with Crippen LogP contribution >= 0.6 is 0 Å². The first-order valence-electron chi connectivity index (χ1n) is 9.12. The topological polar surface area (TPSA) is 67.4 Å². The summed E-state index contributed by atoms with van der Waals surface area (Å²) in [5, 5.41) is 6.01. The fourth-order valence-electron chi connectivity index (χ4n) is 2.78. The first-order valence-corrected chi connectivity index (χ1v) is 9.12. The fraction of sp³-hybridized carbons (Fsp3) is 0.130. The van der Waals surface area contributed by atoms with Gasteiger partial charge in [-0.1, -0.05) is 48.5 Å². The number of ether oxygens (including phenoxy) is 1. The molecule has 0 heterocycles. The molecule has 3 aromatic carbocycles. The van der Waals surface area contributed by atoms with Gasteiger partial charge >= 0.3 is 5.97 Å². The second-order valence-electron chi connectivity index (χ2n) is 6.11. The Hall–Kier alpha value is -3.60. The van der Waals surface area contributed by atoms with Gasteiger partial charge in [0, 0.05) is 16.9 Å². The zero-order chi connectivity index (χ0) is 19.8. The third-order valence-corrected chi connectivity index (χ3v) is 4.14. The van der Waals surface area contributed by atoms with Crippen molar-refractivity contribution in [3.8, 4) is 11.1 Å². The first-order chi connectivity index (χ1) is 13.7. The fourth-order valence-corrected chi connectivity index (χ4v) is 2.78. The van der Waals surface area contributed by atoms with Gasteiger partial charge in [-0.05, 0) is 42.8 Å². The van der Waals surface area contributed by atoms with Gasteiger partial charge in [-0.3, -0.25) is 4.79 Å². The molecule has 0 radical (unpaired) electrons. The summed E-state index contributed by atoms with van der Waals surface area (Å²) in [6.45, 7) is 2.22. The Kier molecular flexibility index (Phi) is 6.41. The molecule has 0 bridgehead atoms. The van der Waals surface area contributed by atoms with Crippen molar-refractivity contribution in [1.29, 1.82) is 0 Å². The summed E-state index contributed by atoms with van der Waals surface area (Å²) in [7, 11) is 0. The number of para-hydroxylation sites is 1. The number of anilines is 2. The van der Waals surface area contributed by atoms with Gasteiger partial charge in [-0.2, -0.15) is 0 Å². The zero-order valence-corrected chi connectivity index (χ0v) is 15.6. The number of nitrogens with one attached hydrogen (secondary N) is 2. The van der Waals surface area contributed by atoms with Crippen LogP contribution in [0.15, 0.2) is 78.9 Å². The molecule has 0 aliphatic carbocycles. The Morgan fingerprint density at radius 1 is 0.857 bits per heavy atom. The van der Waals surface area contributed by atoms with Gasteiger partial charge in [-0.25, -0.2) is 4.79 Å². The SMILES string of the molecule is CCOC(=O)c1ccc(NCC(=O)Nc2ccccc2-c2ccccc2)cc1. The highest BCUT2D eigenvalue weighted by Gasteiger charge is 2.09. The molecule has 3 aromatic rings. The molecule has 0 aliphatic heterocycles. The van der Waals surface area contributed by atoms with Crippen molar-refractivity contribution in [1.82, 2.24) is 0 Å². The van der Waals surface area contributed by atoms with Crippen LogP contribution in [0.3, 0.4) is 0 Å². The summed E-state index contributed by atoms with van der Waals surface area (Å²) in [5.41, 5.74) is 4.00. The quantitative estimate of drug-likeness (QED) is 0.594. The van der Waals surface area contributed by atoms with Gasteiger partial charge in [0.15, 0.2) is 0 Å². The molecule has 5 heteroatoms. The van der Waals surface area contributed by atoms with E-state index in [1.807, 2.05) is 54.6 Å². The van der Waals surface area contributed by atoms with Gasteiger partial charge < -0.3 is 15.4 Å². The van der Waals surface area contributed by atoms with Gasteiger partial charge in [-0.15, -0.1) is 0 Å². The zero-order valence-electron chi connectivity index (χ0n) is 15.6. The second kappa shape index (κ2) is 9.37. The minimum Gasteiger partial charge on any atom is -0.462 e. The molecule has 0 atom stereocenters. The maximum Gasteiger partial charge on any atom is 0.338 e. The molecular formula is C23H22N2O3. The lowest BCUT2D eigenvalue weighted by Crippen LogP contribution is -2.22. The highest BCUT2D eigenvalue weighted by atomic mass is 16.5. The largest absolute Gasteiger partial charge is 0.462 e. The molecule has 0 unspecified atom stereocenters. The standard InChI is InChI=1S/C23H22N2O3/c1-2-28-23(27)18-12-14-19(15-13-18)24-16-22(26)25-21-11-7-6-10-20(21)17-8-4-3-5-9-17/h3-15,24H,2,16H2,1H3,(H,25,26). The molecule has 0 aromatic heterocycles. The average Bonchev–Trinajstić information content (AvgIpc) is 2.74. The number of amides is 1. The maximum atomic E-state index is 12.4. The minimum absolute atomic E-state index is 0.113. The average molecular weight is 374 g/mol. The van der Waals surface area contributed by atoms with Crippen molar-refractivity contribution >= 4 is 23.3 Å². The number of carbonyl (C=O) groups is 2. The molecule has 5 nitrogen and oxygen atoms in total. The molecule has 28 heavy (non-hydrogen) atoms. The van der Waals surface area contributed by atoms with Gasteiger partial charge in [0.05, 0.1) is 18.7 Å². The molecule has 2 N–H and O–H groups in total. The number of hydrogen-bond acceptors (Lipinski definition) is 4. The molecular weight excluding hydrogens is 352 g/mol. The van der Waals surface area contributed by atoms with E-state index in [0.717, 1.165) is 22.5 Å². The van der Waals surface area contributed by atoms with Crippen LogP contribution in [0.5, 0.6) is 0 Å². The summed E-state index contributed by atoms with van der Waals surface area (Å²) < 4.78 is 4.96. The third-order valence-electron chi connectivity index (χ3n) is 4.14. The van der Waals surface area contributed by atoms with Crippen LogP contribution in [-0.2, 0) is 9.53 Å². The molecule has 0 spiro atoms. The molecule has 0 saturated carbocycles. The van der Waals surface area contributed by atoms with Crippen molar-refractivity contribution in [3.63, 3.8) is 0 Å². The first kappa shape index (κ1) is 19.2. The van der Waals surface area contributed by atoms with E-state index >= 15 is 0 Å². The lowest BCUT2D eigenvalue weighted by Gasteiger charge is -2.12. The van der Waals surface area contributed by atoms with Crippen LogP contribution in [0.4, 0.5) is 11.4 Å². The van der Waals surface area contributed by atoms with Crippen molar-refractivity contribution in [2.45, 2.75) is 6.92 Å². The minimum atomic E-state index is -0.357. The Balaban J connectivity index is 1.60. The molecule has 1 amide bonds. The lowest BCUT2D eigenvalue weighted by molar-refractivity contribution is -0.114. The predicted molar refractivity (Wildman–Crippen MR) is 111 cm³/mol. The molecule has 0 aliphatic rings. The van der Waals surface area contributed by atoms with E-state index < -0.39 is 0 Å².